The summed E-state index contributed by atoms with van der Waals surface area (Å²) in [6.07, 6.45) is 3.10. The molecule has 3 N–H and O–H groups in total. The molecular formula is C23H37FN6O4. The van der Waals surface area contributed by atoms with Crippen molar-refractivity contribution >= 4 is 23.2 Å². The number of ether oxygens (including phenoxy) is 2. The Bertz CT molecular complexity index is 1020. The van der Waals surface area contributed by atoms with E-state index in [-0.39, 0.29) is 23.1 Å². The van der Waals surface area contributed by atoms with Gasteiger partial charge in [-0.3, -0.25) is 14.3 Å². The Kier molecular flexibility index (Phi) is 8.51. The minimum Gasteiger partial charge on any atom is -0.444 e. The molecule has 3 rings (SSSR count). The number of rotatable bonds is 10. The second kappa shape index (κ2) is 11.2. The van der Waals surface area contributed by atoms with E-state index in [0.717, 1.165) is 25.7 Å². The number of nitrogens with one attached hydrogen (secondary N) is 3. The lowest BCUT2D eigenvalue weighted by atomic mass is 10.00. The third-order valence-corrected chi connectivity index (χ3v) is 5.85. The molecule has 1 aliphatic heterocycles. The predicted molar refractivity (Wildman–Crippen MR) is 128 cm³/mol. The van der Waals surface area contributed by atoms with Crippen LogP contribution >= 0.6 is 0 Å². The van der Waals surface area contributed by atoms with Gasteiger partial charge in [0.25, 0.3) is 5.56 Å². The van der Waals surface area contributed by atoms with Crippen LogP contribution in [-0.4, -0.2) is 56.6 Å². The highest BCUT2D eigenvalue weighted by atomic mass is 19.1. The fraction of sp³-hybridized carbons (Fsp3) is 0.739. The Morgan fingerprint density at radius 2 is 1.97 bits per heavy atom. The molecule has 11 heteroatoms. The minimum absolute atomic E-state index is 0.159. The van der Waals surface area contributed by atoms with Gasteiger partial charge in [-0.25, -0.2) is 14.2 Å². The van der Waals surface area contributed by atoms with Crippen LogP contribution in [0.15, 0.2) is 11.1 Å². The Hall–Kier alpha value is -2.69. The van der Waals surface area contributed by atoms with Gasteiger partial charge in [0.05, 0.1) is 12.4 Å². The van der Waals surface area contributed by atoms with Crippen molar-refractivity contribution in [2.45, 2.75) is 90.8 Å². The molecule has 0 aromatic carbocycles. The fourth-order valence-corrected chi connectivity index (χ4v) is 4.04. The van der Waals surface area contributed by atoms with Gasteiger partial charge in [-0.2, -0.15) is 4.98 Å². The van der Waals surface area contributed by atoms with Gasteiger partial charge in [0, 0.05) is 19.0 Å². The van der Waals surface area contributed by atoms with Gasteiger partial charge < -0.3 is 20.1 Å². The summed E-state index contributed by atoms with van der Waals surface area (Å²) in [4.78, 5) is 35.4. The molecule has 0 aliphatic carbocycles. The molecular weight excluding hydrogens is 443 g/mol. The number of fused-ring (bicyclic) bond motifs is 1. The first kappa shape index (κ1) is 25.9. The number of aromatic nitrogens is 4. The third kappa shape index (κ3) is 6.46. The lowest BCUT2D eigenvalue weighted by Crippen LogP contribution is -2.32. The normalized spacial score (nSPS) is 22.8. The number of aromatic amines is 1. The summed E-state index contributed by atoms with van der Waals surface area (Å²) in [5, 5.41) is 5.87. The molecule has 1 saturated heterocycles. The van der Waals surface area contributed by atoms with E-state index < -0.39 is 24.1 Å². The van der Waals surface area contributed by atoms with Crippen molar-refractivity contribution in [3.05, 3.63) is 16.7 Å². The number of hydrogen-bond donors (Lipinski definition) is 3. The Morgan fingerprint density at radius 1 is 1.26 bits per heavy atom. The highest BCUT2D eigenvalue weighted by molar-refractivity contribution is 5.71. The summed E-state index contributed by atoms with van der Waals surface area (Å²) in [5.74, 6) is 0.0747. The molecule has 0 unspecified atom stereocenters. The second-order valence-electron chi connectivity index (χ2n) is 9.79. The molecule has 1 fully saturated rings. The Balaban J connectivity index is 1.47. The van der Waals surface area contributed by atoms with E-state index in [1.165, 1.54) is 10.9 Å². The molecule has 0 radical (unpaired) electrons. The number of carbonyl (C=O) groups is 1. The van der Waals surface area contributed by atoms with Crippen molar-refractivity contribution in [3.8, 4) is 0 Å². The lowest BCUT2D eigenvalue weighted by molar-refractivity contribution is -0.0186. The highest BCUT2D eigenvalue weighted by Gasteiger charge is 2.43. The molecule has 34 heavy (non-hydrogen) atoms. The van der Waals surface area contributed by atoms with Gasteiger partial charge in [0.1, 0.15) is 5.60 Å². The number of anilines is 1. The van der Waals surface area contributed by atoms with Crippen LogP contribution in [0.5, 0.6) is 0 Å². The van der Waals surface area contributed by atoms with E-state index in [1.807, 2.05) is 34.6 Å². The number of alkyl halides is 1. The number of H-pyrrole nitrogens is 1. The largest absolute Gasteiger partial charge is 0.444 e. The Morgan fingerprint density at radius 3 is 2.62 bits per heavy atom. The molecule has 0 bridgehead atoms. The summed E-state index contributed by atoms with van der Waals surface area (Å²) >= 11 is 0. The van der Waals surface area contributed by atoms with E-state index in [4.69, 9.17) is 9.47 Å². The van der Waals surface area contributed by atoms with Gasteiger partial charge in [-0.05, 0) is 40.0 Å². The van der Waals surface area contributed by atoms with E-state index in [2.05, 4.69) is 25.6 Å². The number of nitrogens with zero attached hydrogens (tertiary/aromatic N) is 3. The van der Waals surface area contributed by atoms with Crippen LogP contribution in [0.4, 0.5) is 15.1 Å². The number of amides is 1. The zero-order valence-electron chi connectivity index (χ0n) is 20.7. The van der Waals surface area contributed by atoms with Crippen molar-refractivity contribution in [3.63, 3.8) is 0 Å². The van der Waals surface area contributed by atoms with Crippen molar-refractivity contribution in [1.82, 2.24) is 24.8 Å². The Labute approximate surface area is 199 Å². The summed E-state index contributed by atoms with van der Waals surface area (Å²) in [6.45, 7) is 10.5. The topological polar surface area (TPSA) is 123 Å². The zero-order valence-corrected chi connectivity index (χ0v) is 20.7. The van der Waals surface area contributed by atoms with Crippen LogP contribution < -0.4 is 16.2 Å². The second-order valence-corrected chi connectivity index (χ2v) is 9.79. The SMILES string of the molecule is CC[C@H]1O[C@@H](n2cnc3c(=O)[nH]c(NCCCCCCNC(=O)OC(C)(C)C)nc32)[C@H](F)[C@@H]1C. The maximum atomic E-state index is 14.9. The van der Waals surface area contributed by atoms with Crippen LogP contribution in [0.2, 0.25) is 0 Å². The van der Waals surface area contributed by atoms with Gasteiger partial charge in [0.2, 0.25) is 5.95 Å². The van der Waals surface area contributed by atoms with E-state index in [1.54, 1.807) is 0 Å². The zero-order chi connectivity index (χ0) is 24.9. The van der Waals surface area contributed by atoms with Crippen LogP contribution in [0, 0.1) is 5.92 Å². The third-order valence-electron chi connectivity index (χ3n) is 5.85. The van der Waals surface area contributed by atoms with E-state index >= 15 is 0 Å². The fourth-order valence-electron chi connectivity index (χ4n) is 4.04. The molecule has 0 saturated carbocycles. The molecule has 3 heterocycles. The molecule has 4 atom stereocenters. The molecule has 1 amide bonds. The standard InChI is InChI=1S/C23H37FN6O4/c1-6-15-14(2)16(24)20(33-15)30-13-27-17-18(30)28-21(29-19(17)31)25-11-9-7-8-10-12-26-22(32)34-23(3,4)5/h13-16,20H,6-12H2,1-5H3,(H,26,32)(H2,25,28,29,31)/t14-,15-,16-,20-/m1/s1. The number of hydrogen-bond acceptors (Lipinski definition) is 7. The van der Waals surface area contributed by atoms with Crippen LogP contribution in [-0.2, 0) is 9.47 Å². The van der Waals surface area contributed by atoms with E-state index in [0.29, 0.717) is 31.1 Å². The average Bonchev–Trinajstić information content (AvgIpc) is 3.30. The quantitative estimate of drug-likeness (QED) is 0.441. The van der Waals surface area contributed by atoms with Crippen LogP contribution in [0.25, 0.3) is 11.2 Å². The number of alkyl carbamates (subject to hydrolysis) is 1. The molecule has 190 valence electrons. The average molecular weight is 481 g/mol. The maximum Gasteiger partial charge on any atom is 0.407 e. The number of unbranched alkanes of at least 4 members (excludes halogenated alkanes) is 3. The van der Waals surface area contributed by atoms with Crippen molar-refractivity contribution in [2.24, 2.45) is 5.92 Å². The highest BCUT2D eigenvalue weighted by Crippen LogP contribution is 2.38. The minimum atomic E-state index is -1.20. The summed E-state index contributed by atoms with van der Waals surface area (Å²) < 4.78 is 27.5. The first-order valence-electron chi connectivity index (χ1n) is 12.1. The van der Waals surface area contributed by atoms with Crippen molar-refractivity contribution in [2.75, 3.05) is 18.4 Å². The first-order chi connectivity index (χ1) is 16.1. The predicted octanol–water partition coefficient (Wildman–Crippen LogP) is 3.90. The van der Waals surface area contributed by atoms with Gasteiger partial charge in [0.15, 0.2) is 23.6 Å². The summed E-state index contributed by atoms with van der Waals surface area (Å²) in [7, 11) is 0. The van der Waals surface area contributed by atoms with Gasteiger partial charge in [-0.1, -0.05) is 26.7 Å². The molecule has 0 spiro atoms. The smallest absolute Gasteiger partial charge is 0.407 e. The van der Waals surface area contributed by atoms with Crippen LogP contribution in [0.3, 0.4) is 0 Å². The summed E-state index contributed by atoms with van der Waals surface area (Å²) in [5.41, 5.74) is -0.421. The lowest BCUT2D eigenvalue weighted by Gasteiger charge is -2.19. The monoisotopic (exact) mass is 480 g/mol. The van der Waals surface area contributed by atoms with Crippen molar-refractivity contribution < 1.29 is 18.7 Å². The van der Waals surface area contributed by atoms with Gasteiger partial charge in [-0.15, -0.1) is 0 Å². The summed E-state index contributed by atoms with van der Waals surface area (Å²) in [6, 6.07) is 0. The van der Waals surface area contributed by atoms with Crippen LogP contribution in [0.1, 0.15) is 73.0 Å². The molecule has 2 aromatic heterocycles. The molecule has 2 aromatic rings. The molecule has 10 nitrogen and oxygen atoms in total. The van der Waals surface area contributed by atoms with Crippen molar-refractivity contribution in [1.29, 1.82) is 0 Å². The van der Waals surface area contributed by atoms with E-state index in [9.17, 15) is 14.0 Å². The maximum absolute atomic E-state index is 14.9. The number of halogens is 1. The van der Waals surface area contributed by atoms with Gasteiger partial charge >= 0.3 is 6.09 Å². The number of imidazole rings is 1. The molecule has 1 aliphatic rings. The first-order valence-corrected chi connectivity index (χ1v) is 12.1. The number of carbonyl (C=O) groups excluding carboxylic acids is 1.